The van der Waals surface area contributed by atoms with E-state index in [-0.39, 0.29) is 12.6 Å². The van der Waals surface area contributed by atoms with Crippen LogP contribution in [-0.2, 0) is 6.54 Å². The van der Waals surface area contributed by atoms with Gasteiger partial charge in [-0.15, -0.1) is 0 Å². The number of aromatic nitrogens is 1. The molecule has 0 spiro atoms. The molecule has 1 aromatic heterocycles. The second-order valence-electron chi connectivity index (χ2n) is 3.81. The van der Waals surface area contributed by atoms with Crippen LogP contribution in [-0.4, -0.2) is 22.7 Å². The lowest BCUT2D eigenvalue weighted by molar-refractivity contribution is 0.281. The van der Waals surface area contributed by atoms with Gasteiger partial charge in [0, 0.05) is 35.2 Å². The summed E-state index contributed by atoms with van der Waals surface area (Å²) in [5.74, 6) is 0. The molecular weight excluding hydrogens is 190 g/mol. The molecule has 0 aromatic carbocycles. The number of hydrogen-bond acceptors (Lipinski definition) is 4. The minimum absolute atomic E-state index is 0.0245. The number of aryl methyl sites for hydroxylation is 2. The van der Waals surface area contributed by atoms with E-state index in [1.54, 1.807) is 0 Å². The molecule has 84 valence electrons. The normalized spacial score (nSPS) is 12.6. The molecule has 0 fully saturated rings. The van der Waals surface area contributed by atoms with E-state index < -0.39 is 0 Å². The minimum Gasteiger partial charge on any atom is -0.394 e. The molecule has 4 heteroatoms. The lowest BCUT2D eigenvalue weighted by atomic mass is 10.1. The predicted octanol–water partition coefficient (Wildman–Crippen LogP) is 0.950. The Morgan fingerprint density at radius 1 is 1.53 bits per heavy atom. The first-order valence-electron chi connectivity index (χ1n) is 5.13. The average Bonchev–Trinajstić information content (AvgIpc) is 2.17. The molecule has 4 N–H and O–H groups in total. The summed E-state index contributed by atoms with van der Waals surface area (Å²) in [7, 11) is 0. The van der Waals surface area contributed by atoms with Gasteiger partial charge in [0.1, 0.15) is 0 Å². The van der Waals surface area contributed by atoms with Gasteiger partial charge >= 0.3 is 0 Å². The third-order valence-electron chi connectivity index (χ3n) is 2.34. The van der Waals surface area contributed by atoms with E-state index in [0.717, 1.165) is 22.6 Å². The maximum Gasteiger partial charge on any atom is 0.0630 e. The fourth-order valence-electron chi connectivity index (χ4n) is 1.55. The highest BCUT2D eigenvalue weighted by Crippen LogP contribution is 2.19. The molecule has 0 saturated carbocycles. The van der Waals surface area contributed by atoms with Crippen molar-refractivity contribution in [3.8, 4) is 0 Å². The van der Waals surface area contributed by atoms with E-state index in [9.17, 15) is 0 Å². The van der Waals surface area contributed by atoms with Gasteiger partial charge in [-0.2, -0.15) is 0 Å². The maximum atomic E-state index is 8.99. The highest BCUT2D eigenvalue weighted by molar-refractivity contribution is 5.54. The minimum atomic E-state index is 0.0245. The third kappa shape index (κ3) is 2.91. The standard InChI is InChI=1S/C11H19N3O/c1-7-4-11(14-8(2)6-15)10(5-12)9(3)13-7/h4,8,15H,5-6,12H2,1-3H3,(H,13,14). The summed E-state index contributed by atoms with van der Waals surface area (Å²) in [6.07, 6.45) is 0. The van der Waals surface area contributed by atoms with Crippen molar-refractivity contribution < 1.29 is 5.11 Å². The van der Waals surface area contributed by atoms with Crippen LogP contribution in [0.1, 0.15) is 23.9 Å². The number of aliphatic hydroxyl groups excluding tert-OH is 1. The first-order valence-corrected chi connectivity index (χ1v) is 5.13. The quantitative estimate of drug-likeness (QED) is 0.690. The van der Waals surface area contributed by atoms with Crippen LogP contribution in [0.3, 0.4) is 0 Å². The Labute approximate surface area is 90.5 Å². The van der Waals surface area contributed by atoms with Crippen LogP contribution >= 0.6 is 0 Å². The lowest BCUT2D eigenvalue weighted by Gasteiger charge is -2.17. The number of nitrogens with zero attached hydrogens (tertiary/aromatic N) is 1. The van der Waals surface area contributed by atoms with E-state index in [1.165, 1.54) is 0 Å². The first-order chi connectivity index (χ1) is 7.08. The van der Waals surface area contributed by atoms with Gasteiger partial charge in [-0.1, -0.05) is 0 Å². The predicted molar refractivity (Wildman–Crippen MR) is 61.8 cm³/mol. The average molecular weight is 209 g/mol. The van der Waals surface area contributed by atoms with E-state index in [4.69, 9.17) is 10.8 Å². The fraction of sp³-hybridized carbons (Fsp3) is 0.545. The Kier molecular flexibility index (Phi) is 4.05. The van der Waals surface area contributed by atoms with Crippen LogP contribution in [0.15, 0.2) is 6.07 Å². The van der Waals surface area contributed by atoms with Crippen LogP contribution in [0.25, 0.3) is 0 Å². The van der Waals surface area contributed by atoms with Gasteiger partial charge in [-0.05, 0) is 26.8 Å². The molecule has 1 rings (SSSR count). The number of anilines is 1. The number of aliphatic hydroxyl groups is 1. The van der Waals surface area contributed by atoms with Crippen molar-refractivity contribution in [2.75, 3.05) is 11.9 Å². The van der Waals surface area contributed by atoms with Gasteiger partial charge in [0.05, 0.1) is 6.61 Å². The van der Waals surface area contributed by atoms with Gasteiger partial charge in [0.2, 0.25) is 0 Å². The van der Waals surface area contributed by atoms with E-state index >= 15 is 0 Å². The van der Waals surface area contributed by atoms with Crippen molar-refractivity contribution in [3.05, 3.63) is 23.0 Å². The summed E-state index contributed by atoms with van der Waals surface area (Å²) < 4.78 is 0. The highest BCUT2D eigenvalue weighted by atomic mass is 16.3. The molecule has 0 amide bonds. The first kappa shape index (κ1) is 11.9. The molecule has 1 heterocycles. The molecule has 4 nitrogen and oxygen atoms in total. The van der Waals surface area contributed by atoms with Gasteiger partial charge < -0.3 is 16.2 Å². The van der Waals surface area contributed by atoms with Crippen LogP contribution in [0, 0.1) is 13.8 Å². The summed E-state index contributed by atoms with van der Waals surface area (Å²) in [6.45, 7) is 6.38. The monoisotopic (exact) mass is 209 g/mol. The van der Waals surface area contributed by atoms with E-state index in [0.29, 0.717) is 6.54 Å². The van der Waals surface area contributed by atoms with E-state index in [1.807, 2.05) is 26.8 Å². The SMILES string of the molecule is Cc1cc(NC(C)CO)c(CN)c(C)n1. The number of pyridine rings is 1. The molecule has 15 heavy (non-hydrogen) atoms. The Hall–Kier alpha value is -1.13. The zero-order chi connectivity index (χ0) is 11.4. The van der Waals surface area contributed by atoms with Gasteiger partial charge in [-0.25, -0.2) is 0 Å². The van der Waals surface area contributed by atoms with Crippen molar-refractivity contribution >= 4 is 5.69 Å². The molecule has 1 aromatic rings. The Morgan fingerprint density at radius 2 is 2.20 bits per heavy atom. The maximum absolute atomic E-state index is 8.99. The van der Waals surface area contributed by atoms with Crippen molar-refractivity contribution in [2.45, 2.75) is 33.4 Å². The lowest BCUT2D eigenvalue weighted by Crippen LogP contribution is -2.21. The molecule has 0 aliphatic heterocycles. The van der Waals surface area contributed by atoms with Gasteiger partial charge in [0.25, 0.3) is 0 Å². The van der Waals surface area contributed by atoms with Crippen molar-refractivity contribution in [1.82, 2.24) is 4.98 Å². The third-order valence-corrected chi connectivity index (χ3v) is 2.34. The summed E-state index contributed by atoms with van der Waals surface area (Å²) in [5, 5.41) is 12.2. The summed E-state index contributed by atoms with van der Waals surface area (Å²) in [5.41, 5.74) is 9.57. The van der Waals surface area contributed by atoms with Crippen LogP contribution in [0.2, 0.25) is 0 Å². The molecule has 0 aliphatic rings. The number of hydrogen-bond donors (Lipinski definition) is 3. The van der Waals surface area contributed by atoms with Gasteiger partial charge in [-0.3, -0.25) is 4.98 Å². The molecule has 0 radical (unpaired) electrons. The molecule has 1 atom stereocenters. The van der Waals surface area contributed by atoms with Crippen molar-refractivity contribution in [2.24, 2.45) is 5.73 Å². The topological polar surface area (TPSA) is 71.2 Å². The van der Waals surface area contributed by atoms with Crippen LogP contribution < -0.4 is 11.1 Å². The van der Waals surface area contributed by atoms with E-state index in [2.05, 4.69) is 10.3 Å². The Bertz CT molecular complexity index is 339. The molecule has 0 saturated heterocycles. The number of nitrogens with one attached hydrogen (secondary N) is 1. The van der Waals surface area contributed by atoms with Crippen LogP contribution in [0.5, 0.6) is 0 Å². The smallest absolute Gasteiger partial charge is 0.0630 e. The molecule has 0 aliphatic carbocycles. The number of nitrogens with two attached hydrogens (primary N) is 1. The molecular formula is C11H19N3O. The zero-order valence-electron chi connectivity index (χ0n) is 9.54. The highest BCUT2D eigenvalue weighted by Gasteiger charge is 2.08. The molecule has 1 unspecified atom stereocenters. The molecule has 0 bridgehead atoms. The second kappa shape index (κ2) is 5.09. The summed E-state index contributed by atoms with van der Waals surface area (Å²) in [6, 6.07) is 1.98. The Morgan fingerprint density at radius 3 is 2.73 bits per heavy atom. The second-order valence-corrected chi connectivity index (χ2v) is 3.81. The Balaban J connectivity index is 3.03. The number of rotatable bonds is 4. The zero-order valence-corrected chi connectivity index (χ0v) is 9.54. The van der Waals surface area contributed by atoms with Crippen LogP contribution in [0.4, 0.5) is 5.69 Å². The van der Waals surface area contributed by atoms with Gasteiger partial charge in [0.15, 0.2) is 0 Å². The fourth-order valence-corrected chi connectivity index (χ4v) is 1.55. The summed E-state index contributed by atoms with van der Waals surface area (Å²) >= 11 is 0. The largest absolute Gasteiger partial charge is 0.394 e. The summed E-state index contributed by atoms with van der Waals surface area (Å²) in [4.78, 5) is 4.36. The van der Waals surface area contributed by atoms with Crippen molar-refractivity contribution in [3.63, 3.8) is 0 Å². The van der Waals surface area contributed by atoms with Crippen molar-refractivity contribution in [1.29, 1.82) is 0 Å².